The highest BCUT2D eigenvalue weighted by atomic mass is 35.5. The highest BCUT2D eigenvalue weighted by Crippen LogP contribution is 2.36. The molecule has 1 amide bonds. The van der Waals surface area contributed by atoms with E-state index in [4.69, 9.17) is 9.47 Å². The van der Waals surface area contributed by atoms with Gasteiger partial charge in [0.1, 0.15) is 5.01 Å². The first-order valence-electron chi connectivity index (χ1n) is 8.12. The van der Waals surface area contributed by atoms with Crippen LogP contribution in [-0.4, -0.2) is 36.8 Å². The van der Waals surface area contributed by atoms with Crippen molar-refractivity contribution in [2.75, 3.05) is 19.9 Å². The number of aromatic nitrogens is 1. The van der Waals surface area contributed by atoms with E-state index in [2.05, 4.69) is 15.6 Å². The molecule has 0 radical (unpaired) electrons. The first-order valence-corrected chi connectivity index (χ1v) is 9.00. The van der Waals surface area contributed by atoms with E-state index >= 15 is 0 Å². The summed E-state index contributed by atoms with van der Waals surface area (Å²) in [5.41, 5.74) is 1.78. The lowest BCUT2D eigenvalue weighted by Crippen LogP contribution is -2.46. The Balaban J connectivity index is 0.00000121. The molecule has 2 aromatic rings. The number of halogens is 2. The number of carbonyl (C=O) groups is 1. The molecule has 2 aliphatic rings. The molecule has 26 heavy (non-hydrogen) atoms. The molecule has 6 nitrogen and oxygen atoms in total. The van der Waals surface area contributed by atoms with Gasteiger partial charge in [0.15, 0.2) is 11.5 Å². The van der Waals surface area contributed by atoms with Crippen molar-refractivity contribution in [2.24, 2.45) is 0 Å². The fourth-order valence-electron chi connectivity index (χ4n) is 2.97. The number of hydrogen-bond donors (Lipinski definition) is 2. The van der Waals surface area contributed by atoms with Crippen LogP contribution in [0.2, 0.25) is 0 Å². The molecule has 4 rings (SSSR count). The maximum Gasteiger partial charge on any atom is 0.231 e. The number of nitrogens with zero attached hydrogens (tertiary/aromatic N) is 1. The average Bonchev–Trinajstić information content (AvgIpc) is 3.24. The van der Waals surface area contributed by atoms with Crippen molar-refractivity contribution in [3.8, 4) is 22.1 Å². The molecule has 1 fully saturated rings. The zero-order valence-corrected chi connectivity index (χ0v) is 16.5. The molecular weight excluding hydrogens is 397 g/mol. The largest absolute Gasteiger partial charge is 0.454 e. The van der Waals surface area contributed by atoms with Crippen molar-refractivity contribution in [3.63, 3.8) is 0 Å². The predicted octanol–water partition coefficient (Wildman–Crippen LogP) is 2.79. The van der Waals surface area contributed by atoms with Crippen LogP contribution in [-0.2, 0) is 11.2 Å². The molecule has 2 aliphatic heterocycles. The standard InChI is InChI=1S/C17H19N3O3S.2ClH/c21-16(19-12-2-1-5-18-8-12)7-13-9-24-17(20-13)11-3-4-14-15(6-11)23-10-22-14;;/h3-4,6,9,12,18H,1-2,5,7-8,10H2,(H,19,21);2*1H. The summed E-state index contributed by atoms with van der Waals surface area (Å²) in [5, 5.41) is 9.20. The molecule has 1 aromatic heterocycles. The number of rotatable bonds is 4. The van der Waals surface area contributed by atoms with Crippen LogP contribution in [0.1, 0.15) is 18.5 Å². The second kappa shape index (κ2) is 9.41. The Morgan fingerprint density at radius 1 is 1.31 bits per heavy atom. The molecule has 3 heterocycles. The fourth-order valence-corrected chi connectivity index (χ4v) is 3.79. The fraction of sp³-hybridized carbons (Fsp3) is 0.412. The van der Waals surface area contributed by atoms with Gasteiger partial charge < -0.3 is 20.1 Å². The molecule has 0 saturated carbocycles. The summed E-state index contributed by atoms with van der Waals surface area (Å²) in [4.78, 5) is 16.8. The molecule has 2 N–H and O–H groups in total. The third-order valence-electron chi connectivity index (χ3n) is 4.17. The Bertz CT molecular complexity index is 751. The Morgan fingerprint density at radius 2 is 2.15 bits per heavy atom. The molecule has 0 bridgehead atoms. The molecule has 0 aliphatic carbocycles. The van der Waals surface area contributed by atoms with Gasteiger partial charge >= 0.3 is 0 Å². The molecule has 1 saturated heterocycles. The van der Waals surface area contributed by atoms with Crippen LogP contribution >= 0.6 is 36.2 Å². The van der Waals surface area contributed by atoms with Crippen molar-refractivity contribution in [3.05, 3.63) is 29.3 Å². The van der Waals surface area contributed by atoms with Crippen LogP contribution in [0.25, 0.3) is 10.6 Å². The number of carbonyl (C=O) groups excluding carboxylic acids is 1. The molecule has 1 aromatic carbocycles. The van der Waals surface area contributed by atoms with E-state index in [0.717, 1.165) is 53.7 Å². The molecule has 1 unspecified atom stereocenters. The minimum absolute atomic E-state index is 0. The summed E-state index contributed by atoms with van der Waals surface area (Å²) in [6, 6.07) is 6.02. The maximum atomic E-state index is 12.2. The Morgan fingerprint density at radius 3 is 2.96 bits per heavy atom. The smallest absolute Gasteiger partial charge is 0.231 e. The van der Waals surface area contributed by atoms with Gasteiger partial charge in [0, 0.05) is 23.5 Å². The number of amides is 1. The van der Waals surface area contributed by atoms with Gasteiger partial charge in [-0.25, -0.2) is 4.98 Å². The third kappa shape index (κ3) is 4.79. The van der Waals surface area contributed by atoms with Gasteiger partial charge in [-0.2, -0.15) is 0 Å². The highest BCUT2D eigenvalue weighted by Gasteiger charge is 2.18. The van der Waals surface area contributed by atoms with Crippen LogP contribution in [0.5, 0.6) is 11.5 Å². The second-order valence-corrected chi connectivity index (χ2v) is 6.86. The van der Waals surface area contributed by atoms with Gasteiger partial charge in [0.25, 0.3) is 0 Å². The molecule has 9 heteroatoms. The Labute approximate surface area is 168 Å². The van der Waals surface area contributed by atoms with E-state index in [1.807, 2.05) is 23.6 Å². The maximum absolute atomic E-state index is 12.2. The van der Waals surface area contributed by atoms with Gasteiger partial charge in [-0.3, -0.25) is 4.79 Å². The van der Waals surface area contributed by atoms with Crippen LogP contribution in [0.4, 0.5) is 0 Å². The number of hydrogen-bond acceptors (Lipinski definition) is 6. The molecule has 142 valence electrons. The Kier molecular flexibility index (Phi) is 7.52. The van der Waals surface area contributed by atoms with Crippen LogP contribution in [0, 0.1) is 0 Å². The summed E-state index contributed by atoms with van der Waals surface area (Å²) in [6.07, 6.45) is 2.46. The topological polar surface area (TPSA) is 72.5 Å². The van der Waals surface area contributed by atoms with Crippen molar-refractivity contribution >= 4 is 42.1 Å². The third-order valence-corrected chi connectivity index (χ3v) is 5.12. The van der Waals surface area contributed by atoms with Gasteiger partial charge in [-0.15, -0.1) is 36.2 Å². The number of piperidine rings is 1. The summed E-state index contributed by atoms with van der Waals surface area (Å²) in [5.74, 6) is 1.54. The van der Waals surface area contributed by atoms with E-state index < -0.39 is 0 Å². The molecule has 1 atom stereocenters. The summed E-state index contributed by atoms with van der Waals surface area (Å²) in [7, 11) is 0. The lowest BCUT2D eigenvalue weighted by Gasteiger charge is -2.23. The molecular formula is C17H21Cl2N3O3S. The van der Waals surface area contributed by atoms with Crippen LogP contribution in [0.3, 0.4) is 0 Å². The van der Waals surface area contributed by atoms with Crippen molar-refractivity contribution < 1.29 is 14.3 Å². The normalized spacial score (nSPS) is 17.8. The van der Waals surface area contributed by atoms with E-state index in [1.54, 1.807) is 0 Å². The van der Waals surface area contributed by atoms with Crippen molar-refractivity contribution in [1.82, 2.24) is 15.6 Å². The quantitative estimate of drug-likeness (QED) is 0.799. The van der Waals surface area contributed by atoms with Crippen LogP contribution in [0.15, 0.2) is 23.6 Å². The summed E-state index contributed by atoms with van der Waals surface area (Å²) >= 11 is 1.54. The number of fused-ring (bicyclic) bond motifs is 1. The molecule has 0 spiro atoms. The van der Waals surface area contributed by atoms with Gasteiger partial charge in [0.05, 0.1) is 12.1 Å². The van der Waals surface area contributed by atoms with Crippen molar-refractivity contribution in [2.45, 2.75) is 25.3 Å². The van der Waals surface area contributed by atoms with Crippen LogP contribution < -0.4 is 20.1 Å². The number of ether oxygens (including phenoxy) is 2. The zero-order valence-electron chi connectivity index (χ0n) is 14.0. The van der Waals surface area contributed by atoms with E-state index in [9.17, 15) is 4.79 Å². The SMILES string of the molecule is Cl.Cl.O=C(Cc1csc(-c2ccc3c(c2)OCO3)n1)NC1CCCNC1. The first-order chi connectivity index (χ1) is 11.8. The van der Waals surface area contributed by atoms with E-state index in [0.29, 0.717) is 6.42 Å². The zero-order chi connectivity index (χ0) is 16.4. The van der Waals surface area contributed by atoms with Gasteiger partial charge in [-0.05, 0) is 37.6 Å². The van der Waals surface area contributed by atoms with Crippen molar-refractivity contribution in [1.29, 1.82) is 0 Å². The summed E-state index contributed by atoms with van der Waals surface area (Å²) < 4.78 is 10.7. The minimum Gasteiger partial charge on any atom is -0.454 e. The number of benzene rings is 1. The van der Waals surface area contributed by atoms with E-state index in [1.165, 1.54) is 11.3 Å². The first kappa shape index (κ1) is 20.8. The van der Waals surface area contributed by atoms with E-state index in [-0.39, 0.29) is 43.6 Å². The lowest BCUT2D eigenvalue weighted by molar-refractivity contribution is -0.121. The second-order valence-electron chi connectivity index (χ2n) is 6.00. The minimum atomic E-state index is 0. The van der Waals surface area contributed by atoms with Gasteiger partial charge in [-0.1, -0.05) is 0 Å². The number of nitrogens with one attached hydrogen (secondary N) is 2. The number of thiazole rings is 1. The summed E-state index contributed by atoms with van der Waals surface area (Å²) in [6.45, 7) is 2.15. The monoisotopic (exact) mass is 417 g/mol. The lowest BCUT2D eigenvalue weighted by atomic mass is 10.1. The predicted molar refractivity (Wildman–Crippen MR) is 106 cm³/mol. The van der Waals surface area contributed by atoms with Gasteiger partial charge in [0.2, 0.25) is 12.7 Å². The Hall–Kier alpha value is -1.54. The highest BCUT2D eigenvalue weighted by molar-refractivity contribution is 7.13. The average molecular weight is 418 g/mol.